The van der Waals surface area contributed by atoms with Crippen LogP contribution in [0.15, 0.2) is 18.3 Å². The van der Waals surface area contributed by atoms with Crippen LogP contribution in [-0.2, 0) is 9.53 Å². The van der Waals surface area contributed by atoms with Crippen LogP contribution in [0.2, 0.25) is 0 Å². The minimum Gasteiger partial charge on any atom is -0.480 e. The van der Waals surface area contributed by atoms with Gasteiger partial charge in [0.05, 0.1) is 14.2 Å². The van der Waals surface area contributed by atoms with E-state index in [0.29, 0.717) is 18.5 Å². The first-order valence-corrected chi connectivity index (χ1v) is 6.07. The van der Waals surface area contributed by atoms with E-state index in [9.17, 15) is 9.59 Å². The number of amides is 1. The van der Waals surface area contributed by atoms with Crippen molar-refractivity contribution in [2.24, 2.45) is 0 Å². The Morgan fingerprint density at radius 3 is 2.89 bits per heavy atom. The first kappa shape index (κ1) is 13.3. The van der Waals surface area contributed by atoms with Crippen molar-refractivity contribution in [3.8, 4) is 5.88 Å². The van der Waals surface area contributed by atoms with E-state index in [-0.39, 0.29) is 17.8 Å². The molecular formula is C13H16N2O4. The fourth-order valence-corrected chi connectivity index (χ4v) is 2.26. The number of hydrogen-bond acceptors (Lipinski definition) is 5. The first-order chi connectivity index (χ1) is 9.19. The van der Waals surface area contributed by atoms with Gasteiger partial charge in [-0.05, 0) is 25.0 Å². The fourth-order valence-electron chi connectivity index (χ4n) is 2.26. The smallest absolute Gasteiger partial charge is 0.328 e. The second-order valence-electron chi connectivity index (χ2n) is 4.24. The minimum absolute atomic E-state index is 0.252. The molecule has 1 fully saturated rings. The number of carbonyl (C=O) groups excluding carboxylic acids is 2. The van der Waals surface area contributed by atoms with E-state index < -0.39 is 6.04 Å². The van der Waals surface area contributed by atoms with Crippen molar-refractivity contribution in [3.05, 3.63) is 23.9 Å². The molecule has 2 rings (SSSR count). The van der Waals surface area contributed by atoms with E-state index >= 15 is 0 Å². The monoisotopic (exact) mass is 264 g/mol. The topological polar surface area (TPSA) is 68.7 Å². The predicted octanol–water partition coefficient (Wildman–Crippen LogP) is 0.868. The van der Waals surface area contributed by atoms with Gasteiger partial charge in [0.1, 0.15) is 11.6 Å². The van der Waals surface area contributed by atoms with Crippen LogP contribution >= 0.6 is 0 Å². The third kappa shape index (κ3) is 2.52. The number of ether oxygens (including phenoxy) is 2. The van der Waals surface area contributed by atoms with Gasteiger partial charge in [-0.1, -0.05) is 0 Å². The number of pyridine rings is 1. The van der Waals surface area contributed by atoms with Crippen LogP contribution in [0.1, 0.15) is 23.2 Å². The highest BCUT2D eigenvalue weighted by molar-refractivity contribution is 5.98. The third-order valence-electron chi connectivity index (χ3n) is 3.18. The Balaban J connectivity index is 2.26. The van der Waals surface area contributed by atoms with E-state index in [1.807, 2.05) is 0 Å². The predicted molar refractivity (Wildman–Crippen MR) is 66.9 cm³/mol. The van der Waals surface area contributed by atoms with Crippen LogP contribution in [0.3, 0.4) is 0 Å². The highest BCUT2D eigenvalue weighted by atomic mass is 16.5. The van der Waals surface area contributed by atoms with Gasteiger partial charge in [0.15, 0.2) is 0 Å². The van der Waals surface area contributed by atoms with E-state index in [0.717, 1.165) is 6.42 Å². The van der Waals surface area contributed by atoms with Crippen molar-refractivity contribution in [2.75, 3.05) is 20.8 Å². The highest BCUT2D eigenvalue weighted by Gasteiger charge is 2.36. The Bertz CT molecular complexity index is 489. The quantitative estimate of drug-likeness (QED) is 0.758. The average Bonchev–Trinajstić information content (AvgIpc) is 2.95. The highest BCUT2D eigenvalue weighted by Crippen LogP contribution is 2.24. The van der Waals surface area contributed by atoms with Crippen LogP contribution in [0.4, 0.5) is 0 Å². The molecule has 0 radical (unpaired) electrons. The molecule has 6 heteroatoms. The summed E-state index contributed by atoms with van der Waals surface area (Å²) in [7, 11) is 2.79. The van der Waals surface area contributed by atoms with Crippen LogP contribution in [-0.4, -0.2) is 48.6 Å². The molecule has 0 N–H and O–H groups in total. The molecule has 1 unspecified atom stereocenters. The minimum atomic E-state index is -0.512. The molecule has 1 aliphatic rings. The van der Waals surface area contributed by atoms with Gasteiger partial charge in [-0.3, -0.25) is 4.79 Å². The molecule has 1 amide bonds. The fraction of sp³-hybridized carbons (Fsp3) is 0.462. The van der Waals surface area contributed by atoms with Crippen molar-refractivity contribution in [1.29, 1.82) is 0 Å². The molecule has 0 saturated carbocycles. The molecule has 2 heterocycles. The SMILES string of the molecule is COC(=O)C1CCCN1C(=O)c1cccnc1OC. The summed E-state index contributed by atoms with van der Waals surface area (Å²) in [5.74, 6) is -0.366. The molecule has 102 valence electrons. The maximum absolute atomic E-state index is 12.5. The molecule has 19 heavy (non-hydrogen) atoms. The van der Waals surface area contributed by atoms with Crippen molar-refractivity contribution in [1.82, 2.24) is 9.88 Å². The zero-order valence-electron chi connectivity index (χ0n) is 11.0. The van der Waals surface area contributed by atoms with Crippen LogP contribution in [0.25, 0.3) is 0 Å². The number of aromatic nitrogens is 1. The second kappa shape index (κ2) is 5.69. The largest absolute Gasteiger partial charge is 0.480 e. The molecule has 1 aromatic rings. The number of hydrogen-bond donors (Lipinski definition) is 0. The van der Waals surface area contributed by atoms with Gasteiger partial charge < -0.3 is 14.4 Å². The Labute approximate surface area is 111 Å². The summed E-state index contributed by atoms with van der Waals surface area (Å²) in [5.41, 5.74) is 0.362. The van der Waals surface area contributed by atoms with E-state index in [1.54, 1.807) is 18.3 Å². The Kier molecular flexibility index (Phi) is 3.99. The van der Waals surface area contributed by atoms with Gasteiger partial charge in [0.25, 0.3) is 5.91 Å². The number of carbonyl (C=O) groups is 2. The van der Waals surface area contributed by atoms with E-state index in [2.05, 4.69) is 4.98 Å². The summed E-state index contributed by atoms with van der Waals surface area (Å²) >= 11 is 0. The Morgan fingerprint density at radius 1 is 1.42 bits per heavy atom. The van der Waals surface area contributed by atoms with E-state index in [4.69, 9.17) is 9.47 Å². The third-order valence-corrected chi connectivity index (χ3v) is 3.18. The number of esters is 1. The first-order valence-electron chi connectivity index (χ1n) is 6.07. The molecule has 0 aromatic carbocycles. The molecule has 0 aliphatic carbocycles. The number of rotatable bonds is 3. The van der Waals surface area contributed by atoms with Crippen molar-refractivity contribution in [2.45, 2.75) is 18.9 Å². The molecule has 0 spiro atoms. The summed E-state index contributed by atoms with van der Waals surface area (Å²) in [6, 6.07) is 2.79. The van der Waals surface area contributed by atoms with Crippen molar-refractivity contribution >= 4 is 11.9 Å². The molecule has 6 nitrogen and oxygen atoms in total. The Hall–Kier alpha value is -2.11. The van der Waals surface area contributed by atoms with Gasteiger partial charge in [-0.2, -0.15) is 0 Å². The molecule has 1 atom stereocenters. The Morgan fingerprint density at radius 2 is 2.21 bits per heavy atom. The average molecular weight is 264 g/mol. The van der Waals surface area contributed by atoms with E-state index in [1.165, 1.54) is 19.1 Å². The van der Waals surface area contributed by atoms with Gasteiger partial charge >= 0.3 is 5.97 Å². The van der Waals surface area contributed by atoms with Crippen molar-refractivity contribution < 1.29 is 19.1 Å². The molecule has 1 aliphatic heterocycles. The normalized spacial score (nSPS) is 18.2. The number of methoxy groups -OCH3 is 2. The van der Waals surface area contributed by atoms with Crippen LogP contribution in [0.5, 0.6) is 5.88 Å². The van der Waals surface area contributed by atoms with Gasteiger partial charge in [-0.25, -0.2) is 9.78 Å². The van der Waals surface area contributed by atoms with Crippen molar-refractivity contribution in [3.63, 3.8) is 0 Å². The molecule has 0 bridgehead atoms. The maximum atomic E-state index is 12.5. The summed E-state index contributed by atoms with van der Waals surface area (Å²) < 4.78 is 9.80. The summed E-state index contributed by atoms with van der Waals surface area (Å²) in [5, 5.41) is 0. The summed E-state index contributed by atoms with van der Waals surface area (Å²) in [6.45, 7) is 0.538. The standard InChI is InChI=1S/C13H16N2O4/c1-18-11-9(5-3-7-14-11)12(16)15-8-4-6-10(15)13(17)19-2/h3,5,7,10H,4,6,8H2,1-2H3. The second-order valence-corrected chi connectivity index (χ2v) is 4.24. The molecular weight excluding hydrogens is 248 g/mol. The lowest BCUT2D eigenvalue weighted by molar-refractivity contribution is -0.145. The van der Waals surface area contributed by atoms with Crippen LogP contribution < -0.4 is 4.74 Å². The van der Waals surface area contributed by atoms with Crippen LogP contribution in [0, 0.1) is 0 Å². The summed E-state index contributed by atoms with van der Waals surface area (Å²) in [4.78, 5) is 29.6. The zero-order chi connectivity index (χ0) is 13.8. The maximum Gasteiger partial charge on any atom is 0.328 e. The lowest BCUT2D eigenvalue weighted by Gasteiger charge is -2.23. The van der Waals surface area contributed by atoms with Gasteiger partial charge in [-0.15, -0.1) is 0 Å². The molecule has 1 saturated heterocycles. The lowest BCUT2D eigenvalue weighted by Crippen LogP contribution is -2.41. The number of nitrogens with zero attached hydrogens (tertiary/aromatic N) is 2. The van der Waals surface area contributed by atoms with Gasteiger partial charge in [0, 0.05) is 12.7 Å². The summed E-state index contributed by atoms with van der Waals surface area (Å²) in [6.07, 6.45) is 2.96. The number of likely N-dealkylation sites (tertiary alicyclic amines) is 1. The molecule has 1 aromatic heterocycles. The lowest BCUT2D eigenvalue weighted by atomic mass is 10.2. The zero-order valence-corrected chi connectivity index (χ0v) is 11.0. The van der Waals surface area contributed by atoms with Gasteiger partial charge in [0.2, 0.25) is 5.88 Å².